The fourth-order valence-electron chi connectivity index (χ4n) is 13.0. The number of benzene rings is 3. The summed E-state index contributed by atoms with van der Waals surface area (Å²) in [5.74, 6) is -15.1. The third-order valence-electron chi connectivity index (χ3n) is 18.8. The van der Waals surface area contributed by atoms with Crippen molar-refractivity contribution in [3.8, 4) is 5.75 Å². The Kier molecular flexibility index (Phi) is 33.6. The summed E-state index contributed by atoms with van der Waals surface area (Å²) in [6.07, 6.45) is 2.77. The van der Waals surface area contributed by atoms with Gasteiger partial charge in [0.05, 0.1) is 6.54 Å². The van der Waals surface area contributed by atoms with Crippen LogP contribution in [-0.2, 0) is 86.4 Å². The number of aromatic amines is 1. The van der Waals surface area contributed by atoms with E-state index in [-0.39, 0.29) is 86.8 Å². The number of carboxylic acid groups (broad SMARTS) is 2. The van der Waals surface area contributed by atoms with Crippen LogP contribution in [0, 0.1) is 12.8 Å². The van der Waals surface area contributed by atoms with E-state index in [0.29, 0.717) is 66.1 Å². The molecule has 586 valence electrons. The molecule has 34 nitrogen and oxygen atoms in total. The Labute approximate surface area is 631 Å². The van der Waals surface area contributed by atoms with E-state index in [9.17, 15) is 68.1 Å². The molecule has 7 rings (SSSR count). The summed E-state index contributed by atoms with van der Waals surface area (Å²) in [7, 11) is 1.76. The Morgan fingerprint density at radius 2 is 1.20 bits per heavy atom. The van der Waals surface area contributed by atoms with Gasteiger partial charge in [-0.25, -0.2) is 0 Å². The monoisotopic (exact) mass is 1540 g/mol. The average molecular weight is 1540 g/mol. The van der Waals surface area contributed by atoms with E-state index in [4.69, 9.17) is 22.9 Å². The highest BCUT2D eigenvalue weighted by atomic mass is 33.1. The van der Waals surface area contributed by atoms with Crippen molar-refractivity contribution >= 4 is 121 Å². The summed E-state index contributed by atoms with van der Waals surface area (Å²) in [6.45, 7) is 0.981. The Balaban J connectivity index is 1.28. The number of H-pyrrole nitrogens is 1. The highest BCUT2D eigenvalue weighted by Gasteiger charge is 2.40. The number of carbonyl (C=O) groups is 14. The van der Waals surface area contributed by atoms with Crippen LogP contribution < -0.4 is 76.1 Å². The molecular weight excluding hydrogens is 1440 g/mol. The number of hydrogen-bond donors (Lipinski definition) is 18. The molecule has 3 aromatic carbocycles. The second-order valence-electron chi connectivity index (χ2n) is 27.1. The largest absolute Gasteiger partial charge is 0.508 e. The number of phenolic OH excluding ortho intramolecular Hbond substituents is 1. The number of rotatable bonds is 26. The van der Waals surface area contributed by atoms with Crippen LogP contribution in [0.4, 0.5) is 0 Å². The molecule has 1 aliphatic heterocycles. The zero-order chi connectivity index (χ0) is 78.4. The number of carbonyl (C=O) groups excluding carboxylic acids is 12. The normalized spacial score (nSPS) is 22.1. The number of para-hydroxylation sites is 1. The Morgan fingerprint density at radius 1 is 0.630 bits per heavy atom. The third-order valence-corrected chi connectivity index (χ3v) is 21.2. The van der Waals surface area contributed by atoms with Crippen molar-refractivity contribution < 1.29 is 82.4 Å². The number of aliphatic carboxylic acids is 2. The van der Waals surface area contributed by atoms with E-state index in [2.05, 4.69) is 63.1 Å². The minimum atomic E-state index is -1.75. The summed E-state index contributed by atoms with van der Waals surface area (Å²) >= 11 is 0. The first-order chi connectivity index (χ1) is 51.6. The van der Waals surface area contributed by atoms with E-state index in [1.807, 2.05) is 6.92 Å². The molecule has 0 spiro atoms. The van der Waals surface area contributed by atoms with Crippen molar-refractivity contribution in [2.24, 2.45) is 33.8 Å². The number of guanidine groups is 1. The number of aromatic hydroxyl groups is 1. The van der Waals surface area contributed by atoms with Crippen LogP contribution in [0.25, 0.3) is 10.9 Å². The zero-order valence-corrected chi connectivity index (χ0v) is 61.7. The number of phenols is 1. The van der Waals surface area contributed by atoms with Gasteiger partial charge in [0.2, 0.25) is 70.9 Å². The van der Waals surface area contributed by atoms with Gasteiger partial charge in [-0.15, -0.1) is 0 Å². The summed E-state index contributed by atoms with van der Waals surface area (Å²) in [6, 6.07) is 5.44. The van der Waals surface area contributed by atoms with Gasteiger partial charge in [-0.05, 0) is 99.1 Å². The van der Waals surface area contributed by atoms with Crippen LogP contribution in [0.1, 0.15) is 125 Å². The van der Waals surface area contributed by atoms with Gasteiger partial charge in [0, 0.05) is 99.2 Å². The SMILES string of the molecule is Cc1ccc(C[C@@H]2NC(=O)[C@H](C3CCCC3)NC(=O)[C@@H](NC(=O)[C@H](Cc3ccc(O)cc3)NC(=O)CN(C(=O)CCN)C3CCCC3)CSSC[C@@H](C(N)=O)NC(=O)[C@H](CCC(=O)O)NC(=O)[C@H](Cc3c[nH]c4ccccc34)NC(=O)[C@H](CCC(=O)O)NC(=O)CCNC(=O)[C@H](CCCN=C(N)N)NC2=O)cc1. The van der Waals surface area contributed by atoms with Crippen molar-refractivity contribution in [2.45, 2.75) is 189 Å². The second-order valence-corrected chi connectivity index (χ2v) is 29.6. The van der Waals surface area contributed by atoms with Crippen LogP contribution in [-0.4, -0.2) is 212 Å². The number of aromatic nitrogens is 1. The highest BCUT2D eigenvalue weighted by molar-refractivity contribution is 8.76. The highest BCUT2D eigenvalue weighted by Crippen LogP contribution is 2.30. The van der Waals surface area contributed by atoms with Crippen molar-refractivity contribution in [1.29, 1.82) is 0 Å². The molecule has 12 amide bonds. The van der Waals surface area contributed by atoms with E-state index in [1.54, 1.807) is 54.7 Å². The fourth-order valence-corrected chi connectivity index (χ4v) is 15.3. The first-order valence-electron chi connectivity index (χ1n) is 36.0. The van der Waals surface area contributed by atoms with Crippen LogP contribution in [0.15, 0.2) is 84.0 Å². The van der Waals surface area contributed by atoms with E-state index < -0.39 is 182 Å². The topological polar surface area (TPSA) is 555 Å². The smallest absolute Gasteiger partial charge is 0.303 e. The first-order valence-corrected chi connectivity index (χ1v) is 38.5. The Hall–Kier alpha value is -10.5. The fraction of sp³-hybridized carbons (Fsp3) is 0.514. The molecule has 0 bridgehead atoms. The van der Waals surface area contributed by atoms with Gasteiger partial charge in [0.25, 0.3) is 0 Å². The van der Waals surface area contributed by atoms with E-state index in [0.717, 1.165) is 40.0 Å². The molecule has 108 heavy (non-hydrogen) atoms. The van der Waals surface area contributed by atoms with Crippen molar-refractivity contribution in [2.75, 3.05) is 37.7 Å². The van der Waals surface area contributed by atoms with Gasteiger partial charge in [0.15, 0.2) is 5.96 Å². The predicted octanol–water partition coefficient (Wildman–Crippen LogP) is -0.947. The zero-order valence-electron chi connectivity index (χ0n) is 60.1. The molecule has 4 aromatic rings. The third kappa shape index (κ3) is 27.4. The number of nitrogens with one attached hydrogen (secondary N) is 11. The maximum atomic E-state index is 15.3. The van der Waals surface area contributed by atoms with E-state index in [1.165, 1.54) is 29.2 Å². The van der Waals surface area contributed by atoms with Crippen LogP contribution in [0.2, 0.25) is 0 Å². The lowest BCUT2D eigenvalue weighted by Crippen LogP contribution is -2.61. The Bertz CT molecular complexity index is 3850. The number of hydrogen-bond acceptors (Lipinski definition) is 19. The van der Waals surface area contributed by atoms with Gasteiger partial charge in [0.1, 0.15) is 60.1 Å². The molecule has 22 N–H and O–H groups in total. The lowest BCUT2D eigenvalue weighted by atomic mass is 9.95. The minimum absolute atomic E-state index is 0.00142. The number of aryl methyl sites for hydroxylation is 1. The number of nitrogens with zero attached hydrogens (tertiary/aromatic N) is 2. The summed E-state index contributed by atoms with van der Waals surface area (Å²) in [5.41, 5.74) is 25.9. The summed E-state index contributed by atoms with van der Waals surface area (Å²) in [4.78, 5) is 206. The molecule has 2 saturated carbocycles. The van der Waals surface area contributed by atoms with Crippen LogP contribution in [0.5, 0.6) is 5.75 Å². The molecule has 1 aromatic heterocycles. The van der Waals surface area contributed by atoms with Gasteiger partial charge in [-0.2, -0.15) is 0 Å². The number of fused-ring (bicyclic) bond motifs is 1. The summed E-state index contributed by atoms with van der Waals surface area (Å²) < 4.78 is 0. The number of primary amides is 1. The molecule has 1 saturated heterocycles. The maximum Gasteiger partial charge on any atom is 0.303 e. The van der Waals surface area contributed by atoms with Crippen molar-refractivity contribution in [1.82, 2.24) is 63.1 Å². The maximum absolute atomic E-state index is 15.3. The van der Waals surface area contributed by atoms with E-state index >= 15 is 14.4 Å². The number of amides is 12. The molecule has 2 aliphatic carbocycles. The lowest BCUT2D eigenvalue weighted by Gasteiger charge is -2.30. The minimum Gasteiger partial charge on any atom is -0.508 e. The molecule has 36 heteroatoms. The predicted molar refractivity (Wildman–Crippen MR) is 401 cm³/mol. The van der Waals surface area contributed by atoms with Crippen molar-refractivity contribution in [3.05, 3.63) is 101 Å². The summed E-state index contributed by atoms with van der Waals surface area (Å²) in [5, 5.41) is 57.0. The number of aliphatic imine (C=N–C) groups is 1. The van der Waals surface area contributed by atoms with Crippen LogP contribution >= 0.6 is 21.6 Å². The molecular formula is C72H99N17O17S2. The van der Waals surface area contributed by atoms with Gasteiger partial charge in [-0.3, -0.25) is 72.1 Å². The first kappa shape index (κ1) is 84.8. The number of nitrogens with two attached hydrogens (primary N) is 4. The molecule has 0 unspecified atom stereocenters. The quantitative estimate of drug-likeness (QED) is 0.0156. The molecule has 3 aliphatic rings. The van der Waals surface area contributed by atoms with Gasteiger partial charge >= 0.3 is 11.9 Å². The lowest BCUT2D eigenvalue weighted by molar-refractivity contribution is -0.139. The molecule has 0 radical (unpaired) electrons. The number of carboxylic acids is 2. The molecule has 3 fully saturated rings. The Morgan fingerprint density at radius 3 is 1.84 bits per heavy atom. The standard InChI is InChI=1S/C72H99N17O17S2/c1-40-16-18-41(19-17-40)34-53-68(103)82-49(15-8-31-78-72(75)76)64(99)77-32-29-57(91)80-50(24-26-60(94)95)65(100)84-54(35-44-36-79-48-14-7-6-13-47(44)48)69(104)83-51(25-27-61(96)97)66(101)86-55(63(74)98)38-107-108-39-56(70(105)88-62(71(106)85-53)43-9-2-3-10-43)87-67(102)52(33-42-20-22-46(90)23-21-42)81-58(92)37-89(59(93)28-30-73)45-11-4-5-12-45/h6-7,13-14,16-23,36,43,45,49-56,62,79,90H,2-5,8-12,15,24-35,37-39,73H2,1H3,(H2,74,98)(H,77,99)(H,80,91)(H,81,92)(H,82,103)(H,83,104)(H,84,100)(H,85,106)(H,86,101)(H,87,102)(H,88,105)(H,94,95)(H,96,97)(H4,75,76,78)/t49-,50-,51-,52-,53-,54-,55-,56-,62-/m0/s1. The van der Waals surface area contributed by atoms with Gasteiger partial charge in [-0.1, -0.05) is 107 Å². The second kappa shape index (κ2) is 42.7. The van der Waals surface area contributed by atoms with Crippen molar-refractivity contribution in [3.63, 3.8) is 0 Å². The molecule has 2 heterocycles. The molecule has 9 atom stereocenters. The average Bonchev–Trinajstić information content (AvgIpc) is 1.67. The van der Waals surface area contributed by atoms with Crippen LogP contribution in [0.3, 0.4) is 0 Å². The van der Waals surface area contributed by atoms with Gasteiger partial charge < -0.3 is 101 Å².